The Morgan fingerprint density at radius 1 is 0.345 bits per heavy atom. The number of terminal acetylenes is 1. The third kappa shape index (κ3) is 105. The lowest BCUT2D eigenvalue weighted by Gasteiger charge is -2.11. The van der Waals surface area contributed by atoms with Gasteiger partial charge in [0.25, 0.3) is 0 Å². The molecule has 0 spiro atoms. The quantitative estimate of drug-likeness (QED) is 0.0284. The Bertz CT molecular complexity index is 591. The highest BCUT2D eigenvalue weighted by Crippen LogP contribution is 2.19. The lowest BCUT2D eigenvalue weighted by molar-refractivity contribution is 0.399. The second kappa shape index (κ2) is 87.3. The van der Waals surface area contributed by atoms with Gasteiger partial charge in [-0.25, -0.2) is 0 Å². The molecule has 0 fully saturated rings. The largest absolute Gasteiger partial charge is 0.516 e. The molecule has 0 aliphatic rings. The van der Waals surface area contributed by atoms with Gasteiger partial charge in [0, 0.05) is 7.11 Å². The van der Waals surface area contributed by atoms with Gasteiger partial charge in [-0.3, -0.25) is 0 Å². The van der Waals surface area contributed by atoms with E-state index >= 15 is 0 Å². The molecule has 0 bridgehead atoms. The Morgan fingerprint density at radius 2 is 0.466 bits per heavy atom. The van der Waals surface area contributed by atoms with Crippen LogP contribution in [0.2, 0.25) is 0 Å². The maximum Gasteiger partial charge on any atom is 0.0719 e. The van der Waals surface area contributed by atoms with Crippen LogP contribution >= 0.6 is 0 Å². The van der Waals surface area contributed by atoms with E-state index in [4.69, 9.17) is 10.2 Å². The van der Waals surface area contributed by atoms with Crippen molar-refractivity contribution in [3.05, 3.63) is 25.0 Å². The molecule has 2 N–H and O–H groups in total. The van der Waals surface area contributed by atoms with E-state index in [0.717, 1.165) is 19.3 Å². The van der Waals surface area contributed by atoms with Crippen LogP contribution < -0.4 is 0 Å². The third-order valence-corrected chi connectivity index (χ3v) is 10.6. The van der Waals surface area contributed by atoms with Crippen molar-refractivity contribution in [1.82, 2.24) is 0 Å². The number of aliphatic hydroxyl groups excluding tert-OH is 2. The first-order valence-corrected chi connectivity index (χ1v) is 26.1. The van der Waals surface area contributed by atoms with Crippen molar-refractivity contribution >= 4 is 0 Å². The average Bonchev–Trinajstić information content (AvgIpc) is 3.25. The van der Waals surface area contributed by atoms with E-state index < -0.39 is 0 Å². The van der Waals surface area contributed by atoms with Gasteiger partial charge in [-0.2, -0.15) is 0 Å². The number of hydrogen-bond donors (Lipinski definition) is 2. The van der Waals surface area contributed by atoms with E-state index in [1.165, 1.54) is 250 Å². The van der Waals surface area contributed by atoms with Crippen LogP contribution in [0.25, 0.3) is 0 Å². The number of aliphatic hydroxyl groups is 2. The van der Waals surface area contributed by atoms with Crippen LogP contribution in [0.4, 0.5) is 0 Å². The maximum atomic E-state index is 7.33. The van der Waals surface area contributed by atoms with Crippen molar-refractivity contribution in [3.8, 4) is 12.8 Å². The maximum absolute atomic E-state index is 7.33. The van der Waals surface area contributed by atoms with E-state index in [9.17, 15) is 0 Å². The molecule has 0 aromatic heterocycles. The van der Waals surface area contributed by atoms with Gasteiger partial charge in [-0.05, 0) is 19.8 Å². The van der Waals surface area contributed by atoms with Crippen molar-refractivity contribution < 1.29 is 10.2 Å². The monoisotopic (exact) mass is 823 g/mol. The Balaban J connectivity index is -0.000000141. The number of allylic oxidation sites excluding steroid dienone is 2. The molecule has 1 unspecified atom stereocenters. The minimum Gasteiger partial charge on any atom is -0.516 e. The molecule has 2 nitrogen and oxygen atoms in total. The normalized spacial score (nSPS) is 10.4. The predicted molar refractivity (Wildman–Crippen MR) is 275 cm³/mol. The fourth-order valence-corrected chi connectivity index (χ4v) is 6.70. The summed E-state index contributed by atoms with van der Waals surface area (Å²) in [5.41, 5.74) is 0. The second-order valence-electron chi connectivity index (χ2n) is 16.5. The number of rotatable bonds is 37. The lowest BCUT2D eigenvalue weighted by atomic mass is 9.95. The molecule has 0 aromatic rings. The molecule has 0 aromatic carbocycles. The molecule has 58 heavy (non-hydrogen) atoms. The zero-order valence-corrected chi connectivity index (χ0v) is 42.6. The van der Waals surface area contributed by atoms with Gasteiger partial charge in [0.1, 0.15) is 0 Å². The van der Waals surface area contributed by atoms with Crippen LogP contribution in [0.5, 0.6) is 0 Å². The van der Waals surface area contributed by atoms with Crippen LogP contribution in [-0.2, 0) is 0 Å². The van der Waals surface area contributed by atoms with Crippen LogP contribution in [0, 0.1) is 18.8 Å². The standard InChI is InChI=1S/C28H58.C11H24.C8H18.C4H8.C2H4O.C2H2.CH4O/c1-4-6-8-10-12-13-14-15-16-17-18-19-21-23-25-27-28(3)26-24-22-20-11-9-7-5-2;1-3-5-7-9-11-10-8-6-4-2;1-3-5-7-8-6-4-2;1-3-4-2;1-2-3;2*1-2/h28H,4-27H2,1-3H3;3-11H2,1-2H3;3-8H2,1-2H3;3-4H,1-2H3;2-3H,1H2;1-2H;2H,1H3/b;;;4-3-;;;. The van der Waals surface area contributed by atoms with Crippen molar-refractivity contribution in [1.29, 1.82) is 0 Å². The highest BCUT2D eigenvalue weighted by atomic mass is 16.2. The molecule has 0 saturated carbocycles. The van der Waals surface area contributed by atoms with Gasteiger partial charge < -0.3 is 10.2 Å². The number of hydrogen-bond acceptors (Lipinski definition) is 2. The third-order valence-electron chi connectivity index (χ3n) is 10.6. The molecule has 0 aliphatic carbocycles. The second-order valence-corrected chi connectivity index (χ2v) is 16.5. The highest BCUT2D eigenvalue weighted by Gasteiger charge is 2.02. The van der Waals surface area contributed by atoms with Gasteiger partial charge in [-0.15, -0.1) is 12.8 Å². The van der Waals surface area contributed by atoms with Gasteiger partial charge >= 0.3 is 0 Å². The van der Waals surface area contributed by atoms with Crippen molar-refractivity contribution in [2.75, 3.05) is 7.11 Å². The van der Waals surface area contributed by atoms with E-state index in [-0.39, 0.29) is 0 Å². The molecule has 0 saturated heterocycles. The summed E-state index contributed by atoms with van der Waals surface area (Å²) < 4.78 is 0. The first kappa shape index (κ1) is 71.3. The molecular formula is C56H118O2. The average molecular weight is 824 g/mol. The van der Waals surface area contributed by atoms with Crippen LogP contribution in [0.3, 0.4) is 0 Å². The van der Waals surface area contributed by atoms with Crippen LogP contribution in [0.1, 0.15) is 313 Å². The molecule has 0 rings (SSSR count). The number of unbranched alkanes of at least 4 members (excludes halogenated alkanes) is 33. The zero-order valence-electron chi connectivity index (χ0n) is 42.6. The molecule has 0 amide bonds. The first-order chi connectivity index (χ1) is 28.5. The molecular weight excluding hydrogens is 705 g/mol. The summed E-state index contributed by atoms with van der Waals surface area (Å²) in [6.07, 6.45) is 69.5. The molecule has 0 aliphatic heterocycles. The van der Waals surface area contributed by atoms with Gasteiger partial charge in [0.2, 0.25) is 0 Å². The van der Waals surface area contributed by atoms with E-state index in [1.54, 1.807) is 0 Å². The van der Waals surface area contributed by atoms with Crippen molar-refractivity contribution in [2.45, 2.75) is 313 Å². The molecule has 1 atom stereocenters. The Labute approximate surface area is 372 Å². The van der Waals surface area contributed by atoms with Gasteiger partial charge in [0.05, 0.1) is 6.26 Å². The molecule has 0 heterocycles. The van der Waals surface area contributed by atoms with Gasteiger partial charge in [-0.1, -0.05) is 318 Å². The Hall–Kier alpha value is -1.20. The zero-order chi connectivity index (χ0) is 45.3. The van der Waals surface area contributed by atoms with Crippen molar-refractivity contribution in [2.24, 2.45) is 5.92 Å². The SMILES string of the molecule is C#C.C/C=C\C.C=CO.CCCCCCCC.CCCCCCCCCCC.CCCCCCCCCCCCCCCCCC(C)CCCCCCCCC.CO. The molecule has 0 radical (unpaired) electrons. The highest BCUT2D eigenvalue weighted by molar-refractivity contribution is 4.68. The fourth-order valence-electron chi connectivity index (χ4n) is 6.70. The smallest absolute Gasteiger partial charge is 0.0719 e. The summed E-state index contributed by atoms with van der Waals surface area (Å²) in [4.78, 5) is 0. The predicted octanol–water partition coefficient (Wildman–Crippen LogP) is 21.1. The van der Waals surface area contributed by atoms with Crippen LogP contribution in [-0.4, -0.2) is 17.3 Å². The molecule has 354 valence electrons. The summed E-state index contributed by atoms with van der Waals surface area (Å²) in [5.74, 6) is 0.970. The Kier molecular flexibility index (Phi) is 107. The summed E-state index contributed by atoms with van der Waals surface area (Å²) >= 11 is 0. The molecule has 2 heteroatoms. The topological polar surface area (TPSA) is 40.5 Å². The first-order valence-electron chi connectivity index (χ1n) is 26.1. The summed E-state index contributed by atoms with van der Waals surface area (Å²) in [6.45, 7) is 23.1. The minimum atomic E-state index is 0.750. The van der Waals surface area contributed by atoms with E-state index in [1.807, 2.05) is 26.0 Å². The Morgan fingerprint density at radius 3 is 0.586 bits per heavy atom. The van der Waals surface area contributed by atoms with E-state index in [0.29, 0.717) is 0 Å². The van der Waals surface area contributed by atoms with Crippen molar-refractivity contribution in [3.63, 3.8) is 0 Å². The van der Waals surface area contributed by atoms with E-state index in [2.05, 4.69) is 67.9 Å². The van der Waals surface area contributed by atoms with Crippen LogP contribution in [0.15, 0.2) is 25.0 Å². The lowest BCUT2D eigenvalue weighted by Crippen LogP contribution is -1.95. The fraction of sp³-hybridized carbons (Fsp3) is 0.893. The summed E-state index contributed by atoms with van der Waals surface area (Å²) in [7, 11) is 1.00. The summed E-state index contributed by atoms with van der Waals surface area (Å²) in [6, 6.07) is 0. The summed E-state index contributed by atoms with van der Waals surface area (Å²) in [5, 5.41) is 14.3. The van der Waals surface area contributed by atoms with Gasteiger partial charge in [0.15, 0.2) is 0 Å². The minimum absolute atomic E-state index is 0.750.